The van der Waals surface area contributed by atoms with Gasteiger partial charge in [-0.2, -0.15) is 0 Å². The van der Waals surface area contributed by atoms with Crippen LogP contribution in [-0.4, -0.2) is 29.8 Å². The number of nitrogens with one attached hydrogen (secondary N) is 1. The molecule has 4 heteroatoms. The summed E-state index contributed by atoms with van der Waals surface area (Å²) in [6.45, 7) is 2.04. The van der Waals surface area contributed by atoms with Crippen LogP contribution in [0.25, 0.3) is 0 Å². The molecular weight excluding hydrogens is 276 g/mol. The van der Waals surface area contributed by atoms with Crippen molar-refractivity contribution >= 4 is 11.8 Å². The third-order valence-corrected chi connectivity index (χ3v) is 5.04. The molecule has 1 saturated heterocycles. The summed E-state index contributed by atoms with van der Waals surface area (Å²) >= 11 is 0. The monoisotopic (exact) mass is 300 g/mol. The van der Waals surface area contributed by atoms with E-state index in [1.54, 1.807) is 11.9 Å². The van der Waals surface area contributed by atoms with Gasteiger partial charge in [-0.15, -0.1) is 0 Å². The van der Waals surface area contributed by atoms with Gasteiger partial charge in [0.2, 0.25) is 11.8 Å². The van der Waals surface area contributed by atoms with Gasteiger partial charge in [0.1, 0.15) is 0 Å². The van der Waals surface area contributed by atoms with Gasteiger partial charge in [-0.1, -0.05) is 42.7 Å². The molecule has 2 atom stereocenters. The molecule has 0 aromatic heterocycles. The number of aryl methyl sites for hydroxylation is 1. The van der Waals surface area contributed by atoms with Crippen LogP contribution in [0.15, 0.2) is 24.3 Å². The van der Waals surface area contributed by atoms with E-state index in [0.29, 0.717) is 12.5 Å². The lowest BCUT2D eigenvalue weighted by molar-refractivity contribution is -0.128. The molecule has 1 aliphatic carbocycles. The summed E-state index contributed by atoms with van der Waals surface area (Å²) in [5, 5.41) is 3.16. The second kappa shape index (κ2) is 6.11. The normalized spacial score (nSPS) is 25.7. The van der Waals surface area contributed by atoms with Crippen LogP contribution in [-0.2, 0) is 9.59 Å². The summed E-state index contributed by atoms with van der Waals surface area (Å²) in [5.74, 6) is -0.187. The van der Waals surface area contributed by atoms with E-state index < -0.39 is 0 Å². The number of hydrogen-bond acceptors (Lipinski definition) is 2. The zero-order chi connectivity index (χ0) is 15.7. The molecule has 3 rings (SSSR count). The van der Waals surface area contributed by atoms with E-state index in [9.17, 15) is 9.59 Å². The molecule has 0 unspecified atom stereocenters. The van der Waals surface area contributed by atoms with Gasteiger partial charge in [0.25, 0.3) is 0 Å². The fourth-order valence-corrected chi connectivity index (χ4v) is 3.70. The fourth-order valence-electron chi connectivity index (χ4n) is 3.70. The minimum atomic E-state index is -0.277. The maximum absolute atomic E-state index is 12.7. The molecule has 4 nitrogen and oxygen atoms in total. The highest BCUT2D eigenvalue weighted by Gasteiger charge is 2.43. The van der Waals surface area contributed by atoms with Crippen molar-refractivity contribution in [1.29, 1.82) is 0 Å². The first-order valence-corrected chi connectivity index (χ1v) is 8.19. The molecule has 1 aromatic rings. The van der Waals surface area contributed by atoms with Gasteiger partial charge >= 0.3 is 0 Å². The van der Waals surface area contributed by atoms with E-state index >= 15 is 0 Å². The molecular formula is C18H24N2O2. The first-order chi connectivity index (χ1) is 10.6. The smallest absolute Gasteiger partial charge is 0.226 e. The predicted octanol–water partition coefficient (Wildman–Crippen LogP) is 2.57. The summed E-state index contributed by atoms with van der Waals surface area (Å²) in [6.07, 6.45) is 4.83. The second-order valence-corrected chi connectivity index (χ2v) is 6.66. The van der Waals surface area contributed by atoms with Crippen LogP contribution in [0.1, 0.15) is 49.3 Å². The van der Waals surface area contributed by atoms with Gasteiger partial charge < -0.3 is 10.2 Å². The Morgan fingerprint density at radius 2 is 1.82 bits per heavy atom. The van der Waals surface area contributed by atoms with Crippen LogP contribution in [0.5, 0.6) is 0 Å². The maximum atomic E-state index is 12.7. The molecule has 1 aromatic carbocycles. The molecule has 2 fully saturated rings. The molecule has 0 spiro atoms. The van der Waals surface area contributed by atoms with Crippen LogP contribution in [0, 0.1) is 12.8 Å². The first-order valence-electron chi connectivity index (χ1n) is 8.19. The van der Waals surface area contributed by atoms with Gasteiger partial charge in [-0.3, -0.25) is 9.59 Å². The number of amides is 2. The van der Waals surface area contributed by atoms with Crippen molar-refractivity contribution in [3.05, 3.63) is 35.4 Å². The lowest BCUT2D eigenvalue weighted by Gasteiger charge is -2.26. The topological polar surface area (TPSA) is 49.4 Å². The van der Waals surface area contributed by atoms with E-state index in [4.69, 9.17) is 0 Å². The molecule has 118 valence electrons. The van der Waals surface area contributed by atoms with Gasteiger partial charge in [-0.25, -0.2) is 0 Å². The zero-order valence-electron chi connectivity index (χ0n) is 13.3. The van der Waals surface area contributed by atoms with Crippen LogP contribution in [0.2, 0.25) is 0 Å². The van der Waals surface area contributed by atoms with E-state index in [1.807, 2.05) is 31.2 Å². The number of rotatable bonds is 3. The Balaban J connectivity index is 1.79. The summed E-state index contributed by atoms with van der Waals surface area (Å²) in [7, 11) is 1.80. The van der Waals surface area contributed by atoms with E-state index in [0.717, 1.165) is 18.4 Å². The lowest BCUT2D eigenvalue weighted by atomic mass is 9.92. The molecule has 1 N–H and O–H groups in total. The highest BCUT2D eigenvalue weighted by atomic mass is 16.2. The minimum Gasteiger partial charge on any atom is -0.353 e. The maximum Gasteiger partial charge on any atom is 0.226 e. The van der Waals surface area contributed by atoms with E-state index in [1.165, 1.54) is 18.4 Å². The molecule has 0 bridgehead atoms. The van der Waals surface area contributed by atoms with Crippen molar-refractivity contribution in [3.63, 3.8) is 0 Å². The standard InChI is InChI=1S/C18H24N2O2/c1-12-7-9-13(10-8-12)17-15(11-16(21)20(17)2)18(22)19-14-5-3-4-6-14/h7-10,14-15,17H,3-6,11H2,1-2H3,(H,19,22)/t15-,17-/m0/s1. The SMILES string of the molecule is Cc1ccc([C@H]2[C@@H](C(=O)NC3CCCC3)CC(=O)N2C)cc1. The quantitative estimate of drug-likeness (QED) is 0.932. The number of hydrogen-bond donors (Lipinski definition) is 1. The Labute approximate surface area is 131 Å². The second-order valence-electron chi connectivity index (χ2n) is 6.66. The number of carbonyl (C=O) groups excluding carboxylic acids is 2. The molecule has 1 heterocycles. The van der Waals surface area contributed by atoms with Crippen molar-refractivity contribution < 1.29 is 9.59 Å². The zero-order valence-corrected chi connectivity index (χ0v) is 13.3. The molecule has 1 saturated carbocycles. The Bertz CT molecular complexity index is 561. The number of carbonyl (C=O) groups is 2. The highest BCUT2D eigenvalue weighted by molar-refractivity contribution is 5.90. The molecule has 0 radical (unpaired) electrons. The van der Waals surface area contributed by atoms with Gasteiger partial charge in [0, 0.05) is 19.5 Å². The van der Waals surface area contributed by atoms with Crippen LogP contribution >= 0.6 is 0 Å². The lowest BCUT2D eigenvalue weighted by Crippen LogP contribution is -2.39. The Kier molecular flexibility index (Phi) is 4.19. The first kappa shape index (κ1) is 15.1. The Morgan fingerprint density at radius 3 is 2.45 bits per heavy atom. The molecule has 22 heavy (non-hydrogen) atoms. The minimum absolute atomic E-state index is 0.0372. The number of benzene rings is 1. The summed E-state index contributed by atoms with van der Waals surface area (Å²) in [6, 6.07) is 8.30. The van der Waals surface area contributed by atoms with E-state index in [2.05, 4.69) is 5.32 Å². The summed E-state index contributed by atoms with van der Waals surface area (Å²) in [4.78, 5) is 26.5. The van der Waals surface area contributed by atoms with Crippen LogP contribution in [0.4, 0.5) is 0 Å². The van der Waals surface area contributed by atoms with Crippen molar-refractivity contribution in [1.82, 2.24) is 10.2 Å². The van der Waals surface area contributed by atoms with Gasteiger partial charge in [0.15, 0.2) is 0 Å². The summed E-state index contributed by atoms with van der Waals surface area (Å²) in [5.41, 5.74) is 2.23. The molecule has 2 amide bonds. The largest absolute Gasteiger partial charge is 0.353 e. The molecule has 2 aliphatic rings. The van der Waals surface area contributed by atoms with Crippen LogP contribution in [0.3, 0.4) is 0 Å². The fraction of sp³-hybridized carbons (Fsp3) is 0.556. The average molecular weight is 300 g/mol. The summed E-state index contributed by atoms with van der Waals surface area (Å²) < 4.78 is 0. The van der Waals surface area contributed by atoms with Gasteiger partial charge in [0.05, 0.1) is 12.0 Å². The van der Waals surface area contributed by atoms with Crippen molar-refractivity contribution in [2.45, 2.75) is 51.1 Å². The third-order valence-electron chi connectivity index (χ3n) is 5.04. The van der Waals surface area contributed by atoms with Crippen molar-refractivity contribution in [2.24, 2.45) is 5.92 Å². The highest BCUT2D eigenvalue weighted by Crippen LogP contribution is 2.37. The predicted molar refractivity (Wildman–Crippen MR) is 85.2 cm³/mol. The number of likely N-dealkylation sites (tertiary alicyclic amines) is 1. The Hall–Kier alpha value is -1.84. The van der Waals surface area contributed by atoms with Gasteiger partial charge in [-0.05, 0) is 25.3 Å². The van der Waals surface area contributed by atoms with Crippen molar-refractivity contribution in [3.8, 4) is 0 Å². The number of nitrogens with zero attached hydrogens (tertiary/aromatic N) is 1. The third kappa shape index (κ3) is 2.87. The van der Waals surface area contributed by atoms with E-state index in [-0.39, 0.29) is 23.8 Å². The van der Waals surface area contributed by atoms with Crippen molar-refractivity contribution in [2.75, 3.05) is 7.05 Å². The Morgan fingerprint density at radius 1 is 1.18 bits per heavy atom. The average Bonchev–Trinajstić information content (AvgIpc) is 3.10. The molecule has 1 aliphatic heterocycles. The van der Waals surface area contributed by atoms with Crippen LogP contribution < -0.4 is 5.32 Å².